The summed E-state index contributed by atoms with van der Waals surface area (Å²) >= 11 is -5.30. The van der Waals surface area contributed by atoms with Crippen LogP contribution in [0.3, 0.4) is 0 Å². The SMILES string of the molecule is CC1=Cc2c(-c3ccccc3)cccc2[CH]1[Zr]([CH3])([CH3])(=[SiH2])([Cl])([Cl])[C]1=CC=CC1. The van der Waals surface area contributed by atoms with E-state index in [4.69, 9.17) is 17.0 Å². The molecular formula is C23H26Cl2SiZr. The van der Waals surface area contributed by atoms with Crippen molar-refractivity contribution in [1.82, 2.24) is 0 Å². The van der Waals surface area contributed by atoms with Gasteiger partial charge in [-0.15, -0.1) is 0 Å². The third-order valence-electron chi connectivity index (χ3n) is 6.58. The van der Waals surface area contributed by atoms with Gasteiger partial charge in [0.2, 0.25) is 0 Å². The fraction of sp³-hybridized carbons (Fsp3) is 0.217. The second kappa shape index (κ2) is 5.08. The van der Waals surface area contributed by atoms with Gasteiger partial charge < -0.3 is 0 Å². The topological polar surface area (TPSA) is 0 Å². The zero-order chi connectivity index (χ0) is 19.6. The van der Waals surface area contributed by atoms with Crippen molar-refractivity contribution >= 4 is 30.0 Å². The maximum absolute atomic E-state index is 7.86. The van der Waals surface area contributed by atoms with Crippen molar-refractivity contribution in [2.45, 2.75) is 26.2 Å². The summed E-state index contributed by atoms with van der Waals surface area (Å²) in [7, 11) is 15.7. The molecule has 0 bridgehead atoms. The maximum atomic E-state index is 7.86. The number of halogens is 2. The predicted octanol–water partition coefficient (Wildman–Crippen LogP) is 7.37. The Labute approximate surface area is 165 Å². The second-order valence-corrected chi connectivity index (χ2v) is 77.0. The van der Waals surface area contributed by atoms with Gasteiger partial charge in [-0.05, 0) is 0 Å². The molecule has 1 atom stereocenters. The molecule has 1 unspecified atom stereocenters. The quantitative estimate of drug-likeness (QED) is 0.393. The number of allylic oxidation sites excluding steroid dienone is 5. The Bertz CT molecular complexity index is 1170. The van der Waals surface area contributed by atoms with Crippen LogP contribution in [0.4, 0.5) is 0 Å². The molecule has 4 heteroatoms. The van der Waals surface area contributed by atoms with Crippen LogP contribution in [0.5, 0.6) is 0 Å². The minimum atomic E-state index is -5.30. The third kappa shape index (κ3) is 2.96. The van der Waals surface area contributed by atoms with Crippen molar-refractivity contribution in [3.63, 3.8) is 0 Å². The van der Waals surface area contributed by atoms with Crippen LogP contribution >= 0.6 is 17.0 Å². The fourth-order valence-corrected chi connectivity index (χ4v) is 28.6. The molecule has 0 fully saturated rings. The van der Waals surface area contributed by atoms with Crippen LogP contribution in [0.15, 0.2) is 75.6 Å². The average Bonchev–Trinajstić information content (AvgIpc) is 3.22. The molecule has 2 aliphatic rings. The molecule has 0 amide bonds. The summed E-state index contributed by atoms with van der Waals surface area (Å²) in [4.78, 5) is 0. The Morgan fingerprint density at radius 2 is 1.70 bits per heavy atom. The normalized spacial score (nSPS) is 22.9. The van der Waals surface area contributed by atoms with Crippen LogP contribution < -0.4 is 0 Å². The van der Waals surface area contributed by atoms with Gasteiger partial charge in [-0.25, -0.2) is 0 Å². The Hall–Kier alpha value is -0.660. The van der Waals surface area contributed by atoms with Gasteiger partial charge in [-0.1, -0.05) is 0 Å². The number of rotatable bonds is 3. The first kappa shape index (κ1) is 19.6. The van der Waals surface area contributed by atoms with Crippen molar-refractivity contribution in [3.05, 3.63) is 86.7 Å². The van der Waals surface area contributed by atoms with Crippen LogP contribution in [0, 0.1) is 0 Å². The van der Waals surface area contributed by atoms with E-state index in [2.05, 4.69) is 89.0 Å². The first-order chi connectivity index (χ1) is 12.3. The molecule has 0 saturated carbocycles. The summed E-state index contributed by atoms with van der Waals surface area (Å²) in [6, 6.07) is 17.1. The van der Waals surface area contributed by atoms with Gasteiger partial charge >= 0.3 is 166 Å². The van der Waals surface area contributed by atoms with E-state index in [0.29, 0.717) is 0 Å². The summed E-state index contributed by atoms with van der Waals surface area (Å²) in [5.74, 6) is 0. The Kier molecular flexibility index (Phi) is 3.70. The van der Waals surface area contributed by atoms with Crippen LogP contribution in [-0.4, -0.2) is 6.88 Å². The standard InChI is InChI=1S/C16H13.C5H5.2CH3.2ClH.H2Si.Zr/c1-12-10-14-8-5-9-15(16(14)11-12)13-6-3-2-4-7-13;1-2-4-5-3-1;;;;;;/h2-11H,1H3;1-3H,4H2;2*1H3;2*1H;1H2;/q;;;;;;;+2/p-2. The molecule has 2 aliphatic carbocycles. The van der Waals surface area contributed by atoms with E-state index in [1.807, 2.05) is 6.88 Å². The average molecular weight is 493 g/mol. The molecule has 0 saturated heterocycles. The number of hydrogen-bond donors (Lipinski definition) is 0. The van der Waals surface area contributed by atoms with E-state index in [1.165, 1.54) is 31.1 Å². The molecule has 140 valence electrons. The molecule has 0 N–H and O–H groups in total. The van der Waals surface area contributed by atoms with E-state index >= 15 is 0 Å². The van der Waals surface area contributed by atoms with E-state index in [1.54, 1.807) is 0 Å². The summed E-state index contributed by atoms with van der Waals surface area (Å²) in [5.41, 5.74) is 6.29. The first-order valence-electron chi connectivity index (χ1n) is 9.55. The zero-order valence-corrected chi connectivity index (χ0v) is 21.6. The molecule has 0 aromatic heterocycles. The molecule has 0 aliphatic heterocycles. The second-order valence-electron chi connectivity index (χ2n) is 10.1. The van der Waals surface area contributed by atoms with Gasteiger partial charge in [0.15, 0.2) is 0 Å². The monoisotopic (exact) mass is 490 g/mol. The molecular weight excluding hydrogens is 466 g/mol. The van der Waals surface area contributed by atoms with Crippen molar-refractivity contribution in [1.29, 1.82) is 0 Å². The van der Waals surface area contributed by atoms with Gasteiger partial charge in [0.25, 0.3) is 0 Å². The molecule has 0 radical (unpaired) electrons. The predicted molar refractivity (Wildman–Crippen MR) is 122 cm³/mol. The summed E-state index contributed by atoms with van der Waals surface area (Å²) in [6.45, 7) is 4.10. The van der Waals surface area contributed by atoms with E-state index in [9.17, 15) is 0 Å². The summed E-state index contributed by atoms with van der Waals surface area (Å²) in [5, 5.41) is 0. The van der Waals surface area contributed by atoms with Gasteiger partial charge in [-0.3, -0.25) is 0 Å². The zero-order valence-electron chi connectivity index (χ0n) is 16.2. The van der Waals surface area contributed by atoms with E-state index < -0.39 is 12.0 Å². The molecule has 2 aromatic rings. The van der Waals surface area contributed by atoms with Gasteiger partial charge in [0.05, 0.1) is 0 Å². The third-order valence-corrected chi connectivity index (χ3v) is 31.9. The van der Waals surface area contributed by atoms with Crippen LogP contribution in [0.25, 0.3) is 17.2 Å². The van der Waals surface area contributed by atoms with Crippen molar-refractivity contribution in [2.24, 2.45) is 0 Å². The van der Waals surface area contributed by atoms with Crippen molar-refractivity contribution in [3.8, 4) is 11.1 Å². The van der Waals surface area contributed by atoms with E-state index in [0.717, 1.165) is 6.42 Å². The molecule has 0 spiro atoms. The molecule has 27 heavy (non-hydrogen) atoms. The van der Waals surface area contributed by atoms with Gasteiger partial charge in [-0.2, -0.15) is 0 Å². The number of fused-ring (bicyclic) bond motifs is 1. The minimum absolute atomic E-state index is 0.0354. The molecule has 4 rings (SSSR count). The Balaban J connectivity index is 2.02. The summed E-state index contributed by atoms with van der Waals surface area (Å²) in [6.07, 6.45) is 9.60. The molecule has 2 aromatic carbocycles. The van der Waals surface area contributed by atoms with Crippen molar-refractivity contribution in [2.75, 3.05) is 0 Å². The van der Waals surface area contributed by atoms with Crippen LogP contribution in [0.1, 0.15) is 28.1 Å². The molecule has 0 nitrogen and oxygen atoms in total. The molecule has 0 heterocycles. The van der Waals surface area contributed by atoms with Crippen LogP contribution in [0.2, 0.25) is 9.26 Å². The first-order valence-corrected chi connectivity index (χ1v) is 29.4. The van der Waals surface area contributed by atoms with Crippen LogP contribution in [-0.2, 0) is 12.0 Å². The van der Waals surface area contributed by atoms with Gasteiger partial charge in [0.1, 0.15) is 0 Å². The fourth-order valence-electron chi connectivity index (χ4n) is 5.32. The van der Waals surface area contributed by atoms with E-state index in [-0.39, 0.29) is 3.63 Å². The number of benzene rings is 2. The Morgan fingerprint density at radius 3 is 2.33 bits per heavy atom. The summed E-state index contributed by atoms with van der Waals surface area (Å²) < 4.78 is 5.66. The van der Waals surface area contributed by atoms with Gasteiger partial charge in [0, 0.05) is 0 Å². The number of hydrogen-bond acceptors (Lipinski definition) is 0. The Morgan fingerprint density at radius 1 is 1.00 bits per heavy atom. The van der Waals surface area contributed by atoms with Crippen molar-refractivity contribution < 1.29 is 12.0 Å².